The number of carboxylic acid groups (broad SMARTS) is 1. The van der Waals surface area contributed by atoms with Gasteiger partial charge < -0.3 is 5.11 Å². The first-order valence-corrected chi connectivity index (χ1v) is 13.3. The van der Waals surface area contributed by atoms with Crippen LogP contribution in [-0.4, -0.2) is 23.5 Å². The molecule has 0 saturated carbocycles. The summed E-state index contributed by atoms with van der Waals surface area (Å²) >= 11 is 0. The van der Waals surface area contributed by atoms with Crippen LogP contribution in [0.4, 0.5) is 0 Å². The number of aromatic nitrogens is 1. The topological polar surface area (TPSA) is 88.4 Å². The lowest BCUT2D eigenvalue weighted by Gasteiger charge is -2.24. The van der Waals surface area contributed by atoms with Crippen molar-refractivity contribution in [2.45, 2.75) is 23.9 Å². The molecule has 0 aliphatic rings. The van der Waals surface area contributed by atoms with Crippen molar-refractivity contribution < 1.29 is 18.3 Å². The number of para-hydroxylation sites is 1. The average Bonchev–Trinajstić information content (AvgIpc) is 3.30. The van der Waals surface area contributed by atoms with Crippen molar-refractivity contribution in [2.24, 2.45) is 0 Å². The second-order valence-electron chi connectivity index (χ2n) is 8.91. The highest BCUT2D eigenvalue weighted by Gasteiger charge is 2.30. The first-order valence-electron chi connectivity index (χ1n) is 11.9. The average molecular weight is 511 g/mol. The predicted molar refractivity (Wildman–Crippen MR) is 144 cm³/mol. The van der Waals surface area contributed by atoms with Crippen LogP contribution in [0.15, 0.2) is 120 Å². The monoisotopic (exact) mass is 510 g/mol. The highest BCUT2D eigenvalue weighted by Crippen LogP contribution is 2.33. The Kier molecular flexibility index (Phi) is 6.65. The van der Waals surface area contributed by atoms with Gasteiger partial charge in [-0.1, -0.05) is 96.6 Å². The zero-order chi connectivity index (χ0) is 26.0. The number of carbonyl (C=O) groups is 1. The summed E-state index contributed by atoms with van der Waals surface area (Å²) in [7, 11) is -3.96. The normalized spacial score (nSPS) is 12.6. The van der Waals surface area contributed by atoms with Crippen molar-refractivity contribution in [1.82, 2.24) is 9.29 Å². The summed E-state index contributed by atoms with van der Waals surface area (Å²) in [6.45, 7) is 1.89. The summed E-state index contributed by atoms with van der Waals surface area (Å²) in [5, 5.41) is 14.2. The fraction of sp³-hybridized carbons (Fsp3) is 0.100. The van der Waals surface area contributed by atoms with Crippen LogP contribution in [0.3, 0.4) is 0 Å². The van der Waals surface area contributed by atoms with Crippen molar-refractivity contribution >= 4 is 26.9 Å². The lowest BCUT2D eigenvalue weighted by Crippen LogP contribution is -2.32. The molecule has 2 N–H and O–H groups in total. The number of benzene rings is 4. The molecule has 1 heterocycles. The molecule has 37 heavy (non-hydrogen) atoms. The number of carboxylic acids is 1. The number of aryl methyl sites for hydroxylation is 1. The van der Waals surface area contributed by atoms with Crippen LogP contribution in [0.25, 0.3) is 10.9 Å². The Hall–Kier alpha value is -4.20. The van der Waals surface area contributed by atoms with Gasteiger partial charge in [-0.15, -0.1) is 0 Å². The summed E-state index contributed by atoms with van der Waals surface area (Å²) in [4.78, 5) is 12.8. The molecule has 0 bridgehead atoms. The van der Waals surface area contributed by atoms with E-state index in [1.54, 1.807) is 48.5 Å². The summed E-state index contributed by atoms with van der Waals surface area (Å²) in [6.07, 6.45) is 1.43. The third kappa shape index (κ3) is 4.79. The van der Waals surface area contributed by atoms with Gasteiger partial charge in [-0.2, -0.15) is 0 Å². The minimum atomic E-state index is -3.96. The molecule has 0 aliphatic carbocycles. The zero-order valence-corrected chi connectivity index (χ0v) is 21.0. The van der Waals surface area contributed by atoms with E-state index < -0.39 is 28.1 Å². The molecule has 1 unspecified atom stereocenters. The van der Waals surface area contributed by atoms with Gasteiger partial charge >= 0.3 is 5.97 Å². The quantitative estimate of drug-likeness (QED) is 0.280. The van der Waals surface area contributed by atoms with Gasteiger partial charge in [0, 0.05) is 17.1 Å². The van der Waals surface area contributed by atoms with E-state index in [1.165, 1.54) is 10.2 Å². The molecule has 5 aromatic rings. The maximum Gasteiger partial charge on any atom is 0.325 e. The summed E-state index contributed by atoms with van der Waals surface area (Å²) < 4.78 is 28.4. The molecule has 6 nitrogen and oxygen atoms in total. The number of fused-ring (bicyclic) bond motifs is 1. The molecule has 186 valence electrons. The lowest BCUT2D eigenvalue weighted by molar-refractivity contribution is -0.139. The van der Waals surface area contributed by atoms with Crippen LogP contribution in [0.5, 0.6) is 0 Å². The summed E-state index contributed by atoms with van der Waals surface area (Å²) in [5.74, 6) is -1.10. The molecule has 1 aromatic heterocycles. The van der Waals surface area contributed by atoms with E-state index >= 15 is 0 Å². The van der Waals surface area contributed by atoms with E-state index in [2.05, 4.69) is 5.32 Å². The standard InChI is InChI=1S/C30H26N2O4S/c1-21-16-18-24(19-17-21)37(35,36)32-20-26(25-14-8-9-15-27(25)32)29(30(33)34)31-28(22-10-4-2-5-11-22)23-12-6-3-7-13-23/h2-20,28-29,31H,1H3,(H,33,34). The van der Waals surface area contributed by atoms with Crippen LogP contribution in [0.1, 0.15) is 34.3 Å². The molecular formula is C30H26N2O4S. The molecule has 7 heteroatoms. The van der Waals surface area contributed by atoms with Gasteiger partial charge in [-0.25, -0.2) is 12.4 Å². The van der Waals surface area contributed by atoms with Crippen LogP contribution in [0, 0.1) is 6.92 Å². The first-order chi connectivity index (χ1) is 17.9. The second-order valence-corrected chi connectivity index (χ2v) is 10.7. The Labute approximate surface area is 215 Å². The van der Waals surface area contributed by atoms with Crippen LogP contribution >= 0.6 is 0 Å². The smallest absolute Gasteiger partial charge is 0.325 e. The number of hydrogen-bond acceptors (Lipinski definition) is 4. The molecule has 0 spiro atoms. The Morgan fingerprint density at radius 3 is 1.89 bits per heavy atom. The zero-order valence-electron chi connectivity index (χ0n) is 20.2. The van der Waals surface area contributed by atoms with Crippen molar-refractivity contribution in [2.75, 3.05) is 0 Å². The molecule has 0 radical (unpaired) electrons. The SMILES string of the molecule is Cc1ccc(S(=O)(=O)n2cc(C(NC(c3ccccc3)c3ccccc3)C(=O)O)c3ccccc32)cc1. The van der Waals surface area contributed by atoms with E-state index in [-0.39, 0.29) is 4.90 Å². The van der Waals surface area contributed by atoms with Gasteiger partial charge in [0.25, 0.3) is 10.0 Å². The van der Waals surface area contributed by atoms with Gasteiger partial charge in [0.1, 0.15) is 6.04 Å². The molecule has 0 fully saturated rings. The second kappa shape index (κ2) is 10.0. The third-order valence-corrected chi connectivity index (χ3v) is 8.13. The molecule has 0 saturated heterocycles. The minimum Gasteiger partial charge on any atom is -0.480 e. The van der Waals surface area contributed by atoms with Crippen molar-refractivity contribution in [3.8, 4) is 0 Å². The van der Waals surface area contributed by atoms with E-state index in [0.717, 1.165) is 16.7 Å². The number of hydrogen-bond donors (Lipinski definition) is 2. The van der Waals surface area contributed by atoms with Gasteiger partial charge in [-0.05, 0) is 36.2 Å². The minimum absolute atomic E-state index is 0.136. The van der Waals surface area contributed by atoms with Crippen molar-refractivity contribution in [3.63, 3.8) is 0 Å². The van der Waals surface area contributed by atoms with Gasteiger partial charge in [0.05, 0.1) is 16.5 Å². The number of rotatable bonds is 8. The Morgan fingerprint density at radius 1 is 0.784 bits per heavy atom. The van der Waals surface area contributed by atoms with Crippen molar-refractivity contribution in [1.29, 1.82) is 0 Å². The fourth-order valence-corrected chi connectivity index (χ4v) is 5.94. The van der Waals surface area contributed by atoms with Crippen LogP contribution in [0.2, 0.25) is 0 Å². The number of aliphatic carboxylic acids is 1. The van der Waals surface area contributed by atoms with Gasteiger partial charge in [-0.3, -0.25) is 10.1 Å². The van der Waals surface area contributed by atoms with E-state index in [4.69, 9.17) is 0 Å². The number of nitrogens with one attached hydrogen (secondary N) is 1. The predicted octanol–water partition coefficient (Wildman–Crippen LogP) is 5.69. The number of nitrogens with zero attached hydrogens (tertiary/aromatic N) is 1. The van der Waals surface area contributed by atoms with Gasteiger partial charge in [0.2, 0.25) is 0 Å². The van der Waals surface area contributed by atoms with Gasteiger partial charge in [0.15, 0.2) is 0 Å². The Balaban J connectivity index is 1.64. The maximum atomic E-state index is 13.6. The van der Waals surface area contributed by atoms with Crippen LogP contribution < -0.4 is 5.32 Å². The molecule has 0 aliphatic heterocycles. The molecule has 4 aromatic carbocycles. The highest BCUT2D eigenvalue weighted by atomic mass is 32.2. The third-order valence-electron chi connectivity index (χ3n) is 6.44. The van der Waals surface area contributed by atoms with E-state index in [1.807, 2.05) is 67.6 Å². The molecular weight excluding hydrogens is 484 g/mol. The maximum absolute atomic E-state index is 13.6. The van der Waals surface area contributed by atoms with Crippen LogP contribution in [-0.2, 0) is 14.8 Å². The van der Waals surface area contributed by atoms with E-state index in [0.29, 0.717) is 16.5 Å². The van der Waals surface area contributed by atoms with Crippen molar-refractivity contribution in [3.05, 3.63) is 138 Å². The lowest BCUT2D eigenvalue weighted by atomic mass is 9.96. The molecule has 0 amide bonds. The Bertz CT molecular complexity index is 1610. The Morgan fingerprint density at radius 2 is 1.32 bits per heavy atom. The first kappa shape index (κ1) is 24.5. The molecule has 1 atom stereocenters. The van der Waals surface area contributed by atoms with E-state index in [9.17, 15) is 18.3 Å². The molecule has 5 rings (SSSR count). The summed E-state index contributed by atoms with van der Waals surface area (Å²) in [6, 6.07) is 31.2. The highest BCUT2D eigenvalue weighted by molar-refractivity contribution is 7.90. The largest absolute Gasteiger partial charge is 0.480 e. The fourth-order valence-electron chi connectivity index (χ4n) is 4.56. The summed E-state index contributed by atoms with van der Waals surface area (Å²) in [5.41, 5.74) is 3.53.